The van der Waals surface area contributed by atoms with E-state index in [9.17, 15) is 4.79 Å². The van der Waals surface area contributed by atoms with Crippen molar-refractivity contribution in [3.63, 3.8) is 0 Å². The molecule has 1 N–H and O–H groups in total. The van der Waals surface area contributed by atoms with Crippen LogP contribution in [0.1, 0.15) is 23.2 Å². The molecule has 144 valence electrons. The van der Waals surface area contributed by atoms with Gasteiger partial charge in [0.05, 0.1) is 12.1 Å². The number of hydrogen-bond donors (Lipinski definition) is 1. The van der Waals surface area contributed by atoms with Gasteiger partial charge in [0, 0.05) is 37.9 Å². The van der Waals surface area contributed by atoms with Gasteiger partial charge in [-0.25, -0.2) is 9.97 Å². The predicted octanol–water partition coefficient (Wildman–Crippen LogP) is 2.97. The molecule has 1 aliphatic rings. The Balaban J connectivity index is 1.76. The zero-order chi connectivity index (χ0) is 19.4. The summed E-state index contributed by atoms with van der Waals surface area (Å²) in [6.45, 7) is 8.13. The van der Waals surface area contributed by atoms with E-state index in [-0.39, 0.29) is 5.91 Å². The van der Waals surface area contributed by atoms with E-state index in [1.807, 2.05) is 11.0 Å². The summed E-state index contributed by atoms with van der Waals surface area (Å²) < 4.78 is 5.16. The number of aryl methyl sites for hydroxylation is 1. The fourth-order valence-corrected chi connectivity index (χ4v) is 3.32. The SMILES string of the molecule is CCN1CCN(C(=O)c2cc(Nc3ccc(OC)c(Cl)c3)nc(C)n2)CC1. The highest BCUT2D eigenvalue weighted by atomic mass is 35.5. The van der Waals surface area contributed by atoms with Gasteiger partial charge in [-0.1, -0.05) is 18.5 Å². The molecule has 2 heterocycles. The van der Waals surface area contributed by atoms with Crippen molar-refractivity contribution >= 4 is 29.0 Å². The number of carbonyl (C=O) groups is 1. The van der Waals surface area contributed by atoms with E-state index in [1.54, 1.807) is 32.2 Å². The summed E-state index contributed by atoms with van der Waals surface area (Å²) in [4.78, 5) is 25.7. The van der Waals surface area contributed by atoms with E-state index < -0.39 is 0 Å². The third-order valence-electron chi connectivity index (χ3n) is 4.59. The van der Waals surface area contributed by atoms with E-state index in [2.05, 4.69) is 27.1 Å². The summed E-state index contributed by atoms with van der Waals surface area (Å²) in [5, 5.41) is 3.68. The largest absolute Gasteiger partial charge is 0.495 e. The molecule has 0 radical (unpaired) electrons. The summed E-state index contributed by atoms with van der Waals surface area (Å²) in [5.74, 6) is 1.63. The van der Waals surface area contributed by atoms with Gasteiger partial charge in [-0.05, 0) is 31.7 Å². The first-order valence-electron chi connectivity index (χ1n) is 8.98. The molecular formula is C19H24ClN5O2. The number of rotatable bonds is 5. The van der Waals surface area contributed by atoms with Gasteiger partial charge in [0.2, 0.25) is 0 Å². The van der Waals surface area contributed by atoms with E-state index in [4.69, 9.17) is 16.3 Å². The Bertz CT molecular complexity index is 822. The average molecular weight is 390 g/mol. The monoisotopic (exact) mass is 389 g/mol. The molecule has 1 aromatic carbocycles. The number of nitrogens with one attached hydrogen (secondary N) is 1. The lowest BCUT2D eigenvalue weighted by atomic mass is 10.2. The lowest BCUT2D eigenvalue weighted by molar-refractivity contribution is 0.0637. The second-order valence-corrected chi connectivity index (χ2v) is 6.79. The van der Waals surface area contributed by atoms with Crippen LogP contribution in [-0.2, 0) is 0 Å². The van der Waals surface area contributed by atoms with Gasteiger partial charge in [0.1, 0.15) is 23.1 Å². The summed E-state index contributed by atoms with van der Waals surface area (Å²) in [5.41, 5.74) is 1.16. The number of benzene rings is 1. The standard InChI is InChI=1S/C19H24ClN5O2/c1-4-24-7-9-25(10-8-24)19(26)16-12-18(22-13(2)21-16)23-14-5-6-17(27-3)15(20)11-14/h5-6,11-12H,4,7-10H2,1-3H3,(H,21,22,23). The molecule has 1 aromatic heterocycles. The Labute approximate surface area is 164 Å². The zero-order valence-electron chi connectivity index (χ0n) is 15.8. The zero-order valence-corrected chi connectivity index (χ0v) is 16.6. The lowest BCUT2D eigenvalue weighted by Gasteiger charge is -2.33. The fraction of sp³-hybridized carbons (Fsp3) is 0.421. The van der Waals surface area contributed by atoms with Crippen LogP contribution in [-0.4, -0.2) is 65.5 Å². The molecule has 0 unspecified atom stereocenters. The molecule has 27 heavy (non-hydrogen) atoms. The van der Waals surface area contributed by atoms with Crippen LogP contribution in [0.5, 0.6) is 5.75 Å². The minimum absolute atomic E-state index is 0.0629. The van der Waals surface area contributed by atoms with E-state index in [1.165, 1.54) is 0 Å². The molecule has 0 aliphatic carbocycles. The summed E-state index contributed by atoms with van der Waals surface area (Å²) >= 11 is 6.17. The first-order valence-corrected chi connectivity index (χ1v) is 9.36. The van der Waals surface area contributed by atoms with Crippen molar-refractivity contribution in [2.24, 2.45) is 0 Å². The fourth-order valence-electron chi connectivity index (χ4n) is 3.06. The van der Waals surface area contributed by atoms with Crippen LogP contribution in [0.3, 0.4) is 0 Å². The van der Waals surface area contributed by atoms with Gasteiger partial charge >= 0.3 is 0 Å². The maximum Gasteiger partial charge on any atom is 0.272 e. The average Bonchev–Trinajstić information content (AvgIpc) is 2.67. The molecule has 0 spiro atoms. The maximum atomic E-state index is 12.8. The minimum Gasteiger partial charge on any atom is -0.495 e. The summed E-state index contributed by atoms with van der Waals surface area (Å²) in [6, 6.07) is 7.05. The first-order chi connectivity index (χ1) is 13.0. The molecule has 0 saturated carbocycles. The number of carbonyl (C=O) groups excluding carboxylic acids is 1. The van der Waals surface area contributed by atoms with E-state index in [0.717, 1.165) is 25.3 Å². The molecule has 2 aromatic rings. The second kappa shape index (κ2) is 8.54. The van der Waals surface area contributed by atoms with Crippen molar-refractivity contribution in [1.82, 2.24) is 19.8 Å². The van der Waals surface area contributed by atoms with Crippen molar-refractivity contribution in [3.8, 4) is 5.75 Å². The second-order valence-electron chi connectivity index (χ2n) is 6.39. The molecule has 0 atom stereocenters. The van der Waals surface area contributed by atoms with Gasteiger partial charge in [0.15, 0.2) is 0 Å². The molecule has 1 saturated heterocycles. The van der Waals surface area contributed by atoms with Crippen molar-refractivity contribution in [2.45, 2.75) is 13.8 Å². The summed E-state index contributed by atoms with van der Waals surface area (Å²) in [7, 11) is 1.57. The highest BCUT2D eigenvalue weighted by molar-refractivity contribution is 6.32. The van der Waals surface area contributed by atoms with Gasteiger partial charge in [-0.3, -0.25) is 4.79 Å². The van der Waals surface area contributed by atoms with Crippen molar-refractivity contribution in [1.29, 1.82) is 0 Å². The van der Waals surface area contributed by atoms with Crippen molar-refractivity contribution in [3.05, 3.63) is 40.8 Å². The number of halogens is 1. The number of piperazine rings is 1. The number of anilines is 2. The maximum absolute atomic E-state index is 12.8. The van der Waals surface area contributed by atoms with Crippen LogP contribution in [0.25, 0.3) is 0 Å². The van der Waals surface area contributed by atoms with Gasteiger partial charge in [-0.2, -0.15) is 0 Å². The number of amides is 1. The first kappa shape index (κ1) is 19.4. The van der Waals surface area contributed by atoms with E-state index in [0.29, 0.717) is 41.2 Å². The Morgan fingerprint density at radius 3 is 2.59 bits per heavy atom. The molecule has 1 aliphatic heterocycles. The quantitative estimate of drug-likeness (QED) is 0.847. The predicted molar refractivity (Wildman–Crippen MR) is 106 cm³/mol. The van der Waals surface area contributed by atoms with Crippen LogP contribution in [0.2, 0.25) is 5.02 Å². The normalized spacial score (nSPS) is 14.9. The number of aromatic nitrogens is 2. The van der Waals surface area contributed by atoms with Gasteiger partial charge in [0.25, 0.3) is 5.91 Å². The molecule has 7 nitrogen and oxygen atoms in total. The third kappa shape index (κ3) is 4.67. The molecule has 3 rings (SSSR count). The highest BCUT2D eigenvalue weighted by Crippen LogP contribution is 2.28. The number of hydrogen-bond acceptors (Lipinski definition) is 6. The van der Waals surface area contributed by atoms with Crippen LogP contribution in [0.15, 0.2) is 24.3 Å². The Kier molecular flexibility index (Phi) is 6.13. The number of nitrogens with zero attached hydrogens (tertiary/aromatic N) is 4. The van der Waals surface area contributed by atoms with E-state index >= 15 is 0 Å². The van der Waals surface area contributed by atoms with Crippen LogP contribution in [0, 0.1) is 6.92 Å². The number of methoxy groups -OCH3 is 1. The van der Waals surface area contributed by atoms with Gasteiger partial charge in [-0.15, -0.1) is 0 Å². The van der Waals surface area contributed by atoms with Crippen LogP contribution >= 0.6 is 11.6 Å². The lowest BCUT2D eigenvalue weighted by Crippen LogP contribution is -2.48. The number of ether oxygens (including phenoxy) is 1. The van der Waals surface area contributed by atoms with Crippen LogP contribution in [0.4, 0.5) is 11.5 Å². The van der Waals surface area contributed by atoms with Crippen LogP contribution < -0.4 is 10.1 Å². The molecule has 8 heteroatoms. The Morgan fingerprint density at radius 2 is 1.96 bits per heavy atom. The smallest absolute Gasteiger partial charge is 0.272 e. The summed E-state index contributed by atoms with van der Waals surface area (Å²) in [6.07, 6.45) is 0. The molecule has 1 amide bonds. The van der Waals surface area contributed by atoms with Crippen molar-refractivity contribution < 1.29 is 9.53 Å². The molecular weight excluding hydrogens is 366 g/mol. The Hall–Kier alpha value is -2.38. The van der Waals surface area contributed by atoms with Gasteiger partial charge < -0.3 is 19.9 Å². The third-order valence-corrected chi connectivity index (χ3v) is 4.88. The topological polar surface area (TPSA) is 70.6 Å². The molecule has 0 bridgehead atoms. The molecule has 1 fully saturated rings. The number of likely N-dealkylation sites (N-methyl/N-ethyl adjacent to an activating group) is 1. The minimum atomic E-state index is -0.0629. The Morgan fingerprint density at radius 1 is 1.22 bits per heavy atom. The van der Waals surface area contributed by atoms with Crippen molar-refractivity contribution in [2.75, 3.05) is 45.2 Å². The highest BCUT2D eigenvalue weighted by Gasteiger charge is 2.23.